The van der Waals surface area contributed by atoms with Crippen molar-refractivity contribution in [2.75, 3.05) is 14.2 Å². The number of pyridine rings is 1. The maximum atomic E-state index is 13.2. The molecule has 0 aliphatic carbocycles. The van der Waals surface area contributed by atoms with Crippen LogP contribution in [0.5, 0.6) is 11.5 Å². The van der Waals surface area contributed by atoms with E-state index in [0.29, 0.717) is 33.8 Å². The lowest BCUT2D eigenvalue weighted by molar-refractivity contribution is -0.117. The molecule has 9 heteroatoms. The van der Waals surface area contributed by atoms with Crippen LogP contribution < -0.4 is 15.2 Å². The summed E-state index contributed by atoms with van der Waals surface area (Å²) in [6.07, 6.45) is 1.57. The second kappa shape index (κ2) is 7.36. The van der Waals surface area contributed by atoms with Crippen LogP contribution in [0.3, 0.4) is 0 Å². The number of imidazole rings is 1. The van der Waals surface area contributed by atoms with E-state index in [1.165, 1.54) is 7.11 Å². The Morgan fingerprint density at radius 2 is 2.00 bits per heavy atom. The predicted octanol–water partition coefficient (Wildman–Crippen LogP) is 1.93. The number of rotatable bonds is 6. The van der Waals surface area contributed by atoms with Crippen molar-refractivity contribution in [3.8, 4) is 11.5 Å². The zero-order valence-corrected chi connectivity index (χ0v) is 16.2. The summed E-state index contributed by atoms with van der Waals surface area (Å²) < 4.78 is 23.7. The Kier molecular flexibility index (Phi) is 5.13. The normalized spacial score (nSPS) is 13.3. The van der Waals surface area contributed by atoms with Crippen molar-refractivity contribution in [3.63, 3.8) is 0 Å². The number of nitrogens with two attached hydrogens (primary N) is 1. The summed E-state index contributed by atoms with van der Waals surface area (Å²) in [5.41, 5.74) is 8.56. The lowest BCUT2D eigenvalue weighted by Gasteiger charge is -2.17. The first-order chi connectivity index (χ1) is 12.9. The van der Waals surface area contributed by atoms with Gasteiger partial charge in [-0.05, 0) is 26.0 Å². The third kappa shape index (κ3) is 3.37. The van der Waals surface area contributed by atoms with E-state index in [4.69, 9.17) is 15.2 Å². The molecule has 3 rings (SSSR count). The number of aromatic nitrogens is 3. The van der Waals surface area contributed by atoms with Crippen molar-refractivity contribution in [1.29, 1.82) is 0 Å². The molecule has 2 unspecified atom stereocenters. The maximum absolute atomic E-state index is 13.2. The van der Waals surface area contributed by atoms with Gasteiger partial charge >= 0.3 is 0 Å². The number of H-pyrrole nitrogens is 1. The number of carbonyl (C=O) groups is 1. The number of methoxy groups -OCH3 is 2. The predicted molar refractivity (Wildman–Crippen MR) is 101 cm³/mol. The highest BCUT2D eigenvalue weighted by atomic mass is 32.2. The van der Waals surface area contributed by atoms with E-state index in [1.54, 1.807) is 38.4 Å². The van der Waals surface area contributed by atoms with Crippen molar-refractivity contribution in [3.05, 3.63) is 41.2 Å². The molecule has 142 valence electrons. The molecule has 0 spiro atoms. The minimum Gasteiger partial charge on any atom is -0.497 e. The summed E-state index contributed by atoms with van der Waals surface area (Å²) in [5.74, 6) is 0.459. The zero-order valence-electron chi connectivity index (χ0n) is 15.4. The third-order valence-electron chi connectivity index (χ3n) is 4.26. The van der Waals surface area contributed by atoms with Crippen molar-refractivity contribution in [2.45, 2.75) is 24.3 Å². The molecule has 0 radical (unpaired) electrons. The van der Waals surface area contributed by atoms with Gasteiger partial charge in [0.1, 0.15) is 22.3 Å². The average molecular weight is 388 g/mol. The molecule has 2 heterocycles. The van der Waals surface area contributed by atoms with Gasteiger partial charge in [-0.25, -0.2) is 9.19 Å². The topological polar surface area (TPSA) is 120 Å². The van der Waals surface area contributed by atoms with E-state index in [-0.39, 0.29) is 5.16 Å². The summed E-state index contributed by atoms with van der Waals surface area (Å²) in [6.45, 7) is 3.59. The summed E-state index contributed by atoms with van der Waals surface area (Å²) in [6, 6.07) is 5.22. The van der Waals surface area contributed by atoms with Crippen LogP contribution >= 0.6 is 0 Å². The van der Waals surface area contributed by atoms with E-state index in [0.717, 1.165) is 5.56 Å². The number of nitrogens with zero attached hydrogens (tertiary/aromatic N) is 2. The number of primary amides is 1. The van der Waals surface area contributed by atoms with Crippen LogP contribution in [0.25, 0.3) is 11.0 Å². The molecule has 1 amide bonds. The van der Waals surface area contributed by atoms with Crippen LogP contribution in [0.1, 0.15) is 22.1 Å². The fraction of sp³-hybridized carbons (Fsp3) is 0.278. The minimum atomic E-state index is -1.87. The molecule has 1 aromatic carbocycles. The number of carbonyl (C=O) groups excluding carboxylic acids is 1. The van der Waals surface area contributed by atoms with E-state index in [2.05, 4.69) is 15.0 Å². The lowest BCUT2D eigenvalue weighted by Crippen LogP contribution is -2.27. The Morgan fingerprint density at radius 3 is 2.63 bits per heavy atom. The van der Waals surface area contributed by atoms with Gasteiger partial charge in [0, 0.05) is 23.4 Å². The zero-order chi connectivity index (χ0) is 19.7. The van der Waals surface area contributed by atoms with Crippen molar-refractivity contribution >= 4 is 27.7 Å². The van der Waals surface area contributed by atoms with Crippen LogP contribution in [0.4, 0.5) is 0 Å². The lowest BCUT2D eigenvalue weighted by atomic mass is 10.1. The molecule has 0 aliphatic rings. The van der Waals surface area contributed by atoms with Crippen LogP contribution in [0.2, 0.25) is 0 Å². The van der Waals surface area contributed by atoms with Gasteiger partial charge in [-0.1, -0.05) is 0 Å². The largest absolute Gasteiger partial charge is 0.497 e. The number of aryl methyl sites for hydroxylation is 1. The molecular formula is C18H20N4O4S. The van der Waals surface area contributed by atoms with Gasteiger partial charge in [0.2, 0.25) is 5.91 Å². The molecular weight excluding hydrogens is 368 g/mol. The standard InChI is InChI=1S/C18H20N4O4S/c1-9-8-20-14(10(2)15(9)26-4)16(17(19)23)27(24)18-21-12-6-5-11(25-3)7-13(12)22-18/h5-8,16H,1-4H3,(H2,19,23)(H,21,22). The Morgan fingerprint density at radius 1 is 1.26 bits per heavy atom. The van der Waals surface area contributed by atoms with E-state index < -0.39 is 22.0 Å². The molecule has 3 N–H and O–H groups in total. The number of amides is 1. The van der Waals surface area contributed by atoms with Gasteiger partial charge < -0.3 is 20.2 Å². The van der Waals surface area contributed by atoms with Crippen molar-refractivity contribution < 1.29 is 18.5 Å². The first-order valence-electron chi connectivity index (χ1n) is 8.11. The van der Waals surface area contributed by atoms with Gasteiger partial charge in [-0.15, -0.1) is 0 Å². The summed E-state index contributed by atoms with van der Waals surface area (Å²) in [7, 11) is 1.21. The second-order valence-electron chi connectivity index (χ2n) is 5.99. The number of hydrogen-bond acceptors (Lipinski definition) is 6. The van der Waals surface area contributed by atoms with Gasteiger partial charge in [0.25, 0.3) is 0 Å². The Labute approximate surface area is 158 Å². The second-order valence-corrected chi connectivity index (χ2v) is 7.44. The highest BCUT2D eigenvalue weighted by Gasteiger charge is 2.32. The molecule has 0 saturated heterocycles. The van der Waals surface area contributed by atoms with Gasteiger partial charge in [-0.2, -0.15) is 0 Å². The molecule has 2 atom stereocenters. The van der Waals surface area contributed by atoms with Crippen LogP contribution in [0.15, 0.2) is 29.6 Å². The molecule has 0 bridgehead atoms. The molecule has 3 aromatic rings. The summed E-state index contributed by atoms with van der Waals surface area (Å²) in [5, 5.41) is -1.02. The SMILES string of the molecule is COc1ccc2nc(S(=O)C(C(N)=O)c3ncc(C)c(OC)c3C)[nH]c2c1. The Hall–Kier alpha value is -2.94. The first-order valence-corrected chi connectivity index (χ1v) is 9.32. The average Bonchev–Trinajstić information content (AvgIpc) is 3.07. The highest BCUT2D eigenvalue weighted by Crippen LogP contribution is 2.32. The number of aromatic amines is 1. The summed E-state index contributed by atoms with van der Waals surface area (Å²) >= 11 is 0. The Bertz CT molecular complexity index is 1050. The Balaban J connectivity index is 2.08. The van der Waals surface area contributed by atoms with Crippen LogP contribution in [-0.4, -0.2) is 39.3 Å². The maximum Gasteiger partial charge on any atom is 0.239 e. The van der Waals surface area contributed by atoms with E-state index in [9.17, 15) is 9.00 Å². The molecule has 0 fully saturated rings. The number of nitrogens with one attached hydrogen (secondary N) is 1. The fourth-order valence-electron chi connectivity index (χ4n) is 2.95. The molecule has 0 saturated carbocycles. The molecule has 27 heavy (non-hydrogen) atoms. The molecule has 0 aliphatic heterocycles. The van der Waals surface area contributed by atoms with Gasteiger partial charge in [-0.3, -0.25) is 9.78 Å². The van der Waals surface area contributed by atoms with Gasteiger partial charge in [0.05, 0.1) is 30.9 Å². The fourth-order valence-corrected chi connectivity index (χ4v) is 4.23. The van der Waals surface area contributed by atoms with Crippen LogP contribution in [0, 0.1) is 13.8 Å². The first kappa shape index (κ1) is 18.8. The monoisotopic (exact) mass is 388 g/mol. The van der Waals surface area contributed by atoms with Crippen molar-refractivity contribution in [1.82, 2.24) is 15.0 Å². The third-order valence-corrected chi connectivity index (χ3v) is 5.72. The van der Waals surface area contributed by atoms with Crippen LogP contribution in [-0.2, 0) is 15.6 Å². The van der Waals surface area contributed by atoms with Gasteiger partial charge in [0.15, 0.2) is 10.4 Å². The molecule has 2 aromatic heterocycles. The quantitative estimate of drug-likeness (QED) is 0.666. The minimum absolute atomic E-state index is 0.141. The van der Waals surface area contributed by atoms with E-state index in [1.807, 2.05) is 6.92 Å². The number of ether oxygens (including phenoxy) is 2. The number of hydrogen-bond donors (Lipinski definition) is 2. The highest BCUT2D eigenvalue weighted by molar-refractivity contribution is 7.85. The smallest absolute Gasteiger partial charge is 0.239 e. The summed E-state index contributed by atoms with van der Waals surface area (Å²) in [4.78, 5) is 23.8. The van der Waals surface area contributed by atoms with E-state index >= 15 is 0 Å². The van der Waals surface area contributed by atoms with Crippen molar-refractivity contribution in [2.24, 2.45) is 5.73 Å². The number of fused-ring (bicyclic) bond motifs is 1. The molecule has 8 nitrogen and oxygen atoms in total. The number of benzene rings is 1.